The summed E-state index contributed by atoms with van der Waals surface area (Å²) in [7, 11) is 0. The average molecular weight is 221 g/mol. The minimum atomic E-state index is 0.473. The van der Waals surface area contributed by atoms with E-state index < -0.39 is 0 Å². The monoisotopic (exact) mass is 221 g/mol. The summed E-state index contributed by atoms with van der Waals surface area (Å²) in [6, 6.07) is 1.66. The van der Waals surface area contributed by atoms with Crippen LogP contribution in [0.15, 0.2) is 23.2 Å². The van der Waals surface area contributed by atoms with Gasteiger partial charge in [0.05, 0.1) is 11.2 Å². The molecule has 15 heavy (non-hydrogen) atoms. The van der Waals surface area contributed by atoms with E-state index in [0.29, 0.717) is 11.8 Å². The maximum absolute atomic E-state index is 5.52. The summed E-state index contributed by atoms with van der Waals surface area (Å²) in [5.41, 5.74) is 8.43. The SMILES string of the molecule is Nc1ccnc(NCCc2cscn2)n1. The van der Waals surface area contributed by atoms with Crippen molar-refractivity contribution in [1.82, 2.24) is 15.0 Å². The topological polar surface area (TPSA) is 76.7 Å². The lowest BCUT2D eigenvalue weighted by atomic mass is 10.3. The number of hydrogen-bond donors (Lipinski definition) is 2. The van der Waals surface area contributed by atoms with Gasteiger partial charge in [-0.05, 0) is 6.07 Å². The van der Waals surface area contributed by atoms with Crippen LogP contribution < -0.4 is 11.1 Å². The van der Waals surface area contributed by atoms with Crippen molar-refractivity contribution in [2.45, 2.75) is 6.42 Å². The highest BCUT2D eigenvalue weighted by atomic mass is 32.1. The molecule has 78 valence electrons. The first-order chi connectivity index (χ1) is 7.34. The lowest BCUT2D eigenvalue weighted by Crippen LogP contribution is -2.08. The highest BCUT2D eigenvalue weighted by Crippen LogP contribution is 2.03. The minimum Gasteiger partial charge on any atom is -0.384 e. The highest BCUT2D eigenvalue weighted by Gasteiger charge is 1.97. The molecular formula is C9H11N5S. The summed E-state index contributed by atoms with van der Waals surface area (Å²) in [4.78, 5) is 12.2. The quantitative estimate of drug-likeness (QED) is 0.810. The third-order valence-corrected chi connectivity index (χ3v) is 2.46. The number of aromatic nitrogens is 3. The number of nitrogen functional groups attached to an aromatic ring is 1. The van der Waals surface area contributed by atoms with E-state index in [0.717, 1.165) is 18.7 Å². The molecule has 0 radical (unpaired) electrons. The Kier molecular flexibility index (Phi) is 3.08. The van der Waals surface area contributed by atoms with Crippen LogP contribution in [0.25, 0.3) is 0 Å². The third-order valence-electron chi connectivity index (χ3n) is 1.82. The van der Waals surface area contributed by atoms with Crippen molar-refractivity contribution in [3.8, 4) is 0 Å². The molecule has 0 spiro atoms. The van der Waals surface area contributed by atoms with Crippen LogP contribution in [0.3, 0.4) is 0 Å². The summed E-state index contributed by atoms with van der Waals surface area (Å²) >= 11 is 1.60. The predicted octanol–water partition coefficient (Wildman–Crippen LogP) is 1.17. The lowest BCUT2D eigenvalue weighted by molar-refractivity contribution is 0.954. The van der Waals surface area contributed by atoms with Gasteiger partial charge in [0.1, 0.15) is 5.82 Å². The highest BCUT2D eigenvalue weighted by molar-refractivity contribution is 7.07. The molecule has 0 fully saturated rings. The van der Waals surface area contributed by atoms with Crippen molar-refractivity contribution in [2.75, 3.05) is 17.6 Å². The molecule has 3 N–H and O–H groups in total. The van der Waals surface area contributed by atoms with E-state index in [1.54, 1.807) is 23.6 Å². The second kappa shape index (κ2) is 4.70. The van der Waals surface area contributed by atoms with Gasteiger partial charge in [0.15, 0.2) is 0 Å². The van der Waals surface area contributed by atoms with Crippen LogP contribution >= 0.6 is 11.3 Å². The van der Waals surface area contributed by atoms with Crippen LogP contribution in [0.4, 0.5) is 11.8 Å². The number of nitrogens with two attached hydrogens (primary N) is 1. The summed E-state index contributed by atoms with van der Waals surface area (Å²) in [5.74, 6) is 1.03. The number of anilines is 2. The van der Waals surface area contributed by atoms with Gasteiger partial charge in [-0.25, -0.2) is 9.97 Å². The molecule has 0 saturated carbocycles. The first-order valence-corrected chi connectivity index (χ1v) is 5.48. The Hall–Kier alpha value is -1.69. The smallest absolute Gasteiger partial charge is 0.224 e. The van der Waals surface area contributed by atoms with Gasteiger partial charge in [0, 0.05) is 24.5 Å². The van der Waals surface area contributed by atoms with Gasteiger partial charge in [0.25, 0.3) is 0 Å². The van der Waals surface area contributed by atoms with E-state index in [2.05, 4.69) is 20.3 Å². The Morgan fingerprint density at radius 1 is 1.40 bits per heavy atom. The van der Waals surface area contributed by atoms with Gasteiger partial charge in [-0.1, -0.05) is 0 Å². The molecule has 0 saturated heterocycles. The number of nitrogens with one attached hydrogen (secondary N) is 1. The molecule has 5 nitrogen and oxygen atoms in total. The van der Waals surface area contributed by atoms with E-state index in [4.69, 9.17) is 5.73 Å². The van der Waals surface area contributed by atoms with Crippen molar-refractivity contribution >= 4 is 23.1 Å². The zero-order chi connectivity index (χ0) is 10.5. The number of rotatable bonds is 4. The molecule has 0 bridgehead atoms. The number of thiazole rings is 1. The van der Waals surface area contributed by atoms with Crippen LogP contribution in [-0.4, -0.2) is 21.5 Å². The third kappa shape index (κ3) is 2.88. The second-order valence-electron chi connectivity index (χ2n) is 2.96. The standard InChI is InChI=1S/C9H11N5S/c10-8-2-4-12-9(14-8)11-3-1-7-5-15-6-13-7/h2,4-6H,1,3H2,(H3,10,11,12,14). The molecule has 0 atom stereocenters. The lowest BCUT2D eigenvalue weighted by Gasteiger charge is -2.02. The summed E-state index contributed by atoms with van der Waals surface area (Å²) in [6.45, 7) is 0.757. The van der Waals surface area contributed by atoms with E-state index in [9.17, 15) is 0 Å². The van der Waals surface area contributed by atoms with Crippen molar-refractivity contribution in [3.63, 3.8) is 0 Å². The van der Waals surface area contributed by atoms with Crippen LogP contribution in [0.2, 0.25) is 0 Å². The molecule has 2 aromatic rings. The van der Waals surface area contributed by atoms with E-state index in [1.807, 2.05) is 10.9 Å². The van der Waals surface area contributed by atoms with Crippen molar-refractivity contribution in [3.05, 3.63) is 28.8 Å². The van der Waals surface area contributed by atoms with Crippen LogP contribution in [-0.2, 0) is 6.42 Å². The van der Waals surface area contributed by atoms with Gasteiger partial charge in [-0.2, -0.15) is 4.98 Å². The Morgan fingerprint density at radius 3 is 3.07 bits per heavy atom. The van der Waals surface area contributed by atoms with Crippen molar-refractivity contribution < 1.29 is 0 Å². The largest absolute Gasteiger partial charge is 0.384 e. The molecule has 0 aliphatic rings. The Labute approximate surface area is 91.4 Å². The maximum atomic E-state index is 5.52. The molecule has 0 aliphatic carbocycles. The van der Waals surface area contributed by atoms with Gasteiger partial charge in [-0.3, -0.25) is 0 Å². The Balaban J connectivity index is 1.83. The zero-order valence-electron chi connectivity index (χ0n) is 8.05. The molecule has 0 amide bonds. The molecule has 2 rings (SSSR count). The van der Waals surface area contributed by atoms with Crippen LogP contribution in [0.1, 0.15) is 5.69 Å². The fourth-order valence-electron chi connectivity index (χ4n) is 1.12. The van der Waals surface area contributed by atoms with E-state index in [1.165, 1.54) is 0 Å². The zero-order valence-corrected chi connectivity index (χ0v) is 8.87. The van der Waals surface area contributed by atoms with Crippen molar-refractivity contribution in [2.24, 2.45) is 0 Å². The Bertz CT molecular complexity index is 414. The molecule has 0 aliphatic heterocycles. The molecular weight excluding hydrogens is 210 g/mol. The molecule has 2 heterocycles. The van der Waals surface area contributed by atoms with Gasteiger partial charge in [-0.15, -0.1) is 11.3 Å². The summed E-state index contributed by atoms with van der Waals surface area (Å²) < 4.78 is 0. The molecule has 0 aromatic carbocycles. The molecule has 6 heteroatoms. The molecule has 2 aromatic heterocycles. The fourth-order valence-corrected chi connectivity index (χ4v) is 1.71. The van der Waals surface area contributed by atoms with Crippen LogP contribution in [0, 0.1) is 0 Å². The first kappa shape index (κ1) is 9.85. The van der Waals surface area contributed by atoms with Crippen LogP contribution in [0.5, 0.6) is 0 Å². The minimum absolute atomic E-state index is 0.473. The van der Waals surface area contributed by atoms with Gasteiger partial charge >= 0.3 is 0 Å². The first-order valence-electron chi connectivity index (χ1n) is 4.54. The second-order valence-corrected chi connectivity index (χ2v) is 3.68. The summed E-state index contributed by atoms with van der Waals surface area (Å²) in [6.07, 6.45) is 2.50. The van der Waals surface area contributed by atoms with Crippen molar-refractivity contribution in [1.29, 1.82) is 0 Å². The normalized spacial score (nSPS) is 10.1. The number of hydrogen-bond acceptors (Lipinski definition) is 6. The average Bonchev–Trinajstić information content (AvgIpc) is 2.71. The van der Waals surface area contributed by atoms with Gasteiger partial charge in [0.2, 0.25) is 5.95 Å². The summed E-state index contributed by atoms with van der Waals surface area (Å²) in [5, 5.41) is 5.12. The van der Waals surface area contributed by atoms with E-state index in [-0.39, 0.29) is 0 Å². The molecule has 0 unspecified atom stereocenters. The fraction of sp³-hybridized carbons (Fsp3) is 0.222. The predicted molar refractivity (Wildman–Crippen MR) is 60.8 cm³/mol. The Morgan fingerprint density at radius 2 is 2.33 bits per heavy atom. The maximum Gasteiger partial charge on any atom is 0.224 e. The number of nitrogens with zero attached hydrogens (tertiary/aromatic N) is 3. The van der Waals surface area contributed by atoms with Gasteiger partial charge < -0.3 is 11.1 Å². The van der Waals surface area contributed by atoms with E-state index >= 15 is 0 Å².